The van der Waals surface area contributed by atoms with Crippen LogP contribution in [-0.4, -0.2) is 100 Å². The minimum atomic E-state index is -3.67. The lowest BCUT2D eigenvalue weighted by Crippen LogP contribution is -2.54. The normalized spacial score (nSPS) is 17.1. The van der Waals surface area contributed by atoms with E-state index in [9.17, 15) is 22.8 Å². The van der Waals surface area contributed by atoms with Crippen molar-refractivity contribution < 1.29 is 27.5 Å². The fraction of sp³-hybridized carbons (Fsp3) is 0.550. The maximum absolute atomic E-state index is 12.8. The molecule has 1 N–H and O–H groups in total. The minimum Gasteiger partial charge on any atom is -0.383 e. The Morgan fingerprint density at radius 1 is 0.871 bits per heavy atom. The van der Waals surface area contributed by atoms with Gasteiger partial charge in [0.2, 0.25) is 10.0 Å². The van der Waals surface area contributed by atoms with Gasteiger partial charge in [0, 0.05) is 58.5 Å². The van der Waals surface area contributed by atoms with Gasteiger partial charge in [-0.05, 0) is 37.1 Å². The molecule has 11 heteroatoms. The lowest BCUT2D eigenvalue weighted by Gasteiger charge is -2.35. The number of amides is 3. The lowest BCUT2D eigenvalue weighted by molar-refractivity contribution is -0.152. The van der Waals surface area contributed by atoms with Crippen molar-refractivity contribution in [1.82, 2.24) is 19.4 Å². The molecular weight excluding hydrogens is 424 g/mol. The van der Waals surface area contributed by atoms with Gasteiger partial charge in [-0.15, -0.1) is 0 Å². The summed E-state index contributed by atoms with van der Waals surface area (Å²) in [4.78, 5) is 42.2. The van der Waals surface area contributed by atoms with Crippen LogP contribution in [0.4, 0.5) is 0 Å². The van der Waals surface area contributed by atoms with Crippen LogP contribution >= 0.6 is 0 Å². The zero-order valence-electron chi connectivity index (χ0n) is 17.6. The first-order chi connectivity index (χ1) is 14.8. The SMILES string of the molecule is COCCNS(=O)(=O)c1ccc(C(=O)N2CCN(C(=O)C(=O)N3CCCC3)CC2)cc1. The topological polar surface area (TPSA) is 116 Å². The van der Waals surface area contributed by atoms with Crippen molar-refractivity contribution in [3.63, 3.8) is 0 Å². The third-order valence-electron chi connectivity index (χ3n) is 5.44. The summed E-state index contributed by atoms with van der Waals surface area (Å²) in [5.41, 5.74) is 0.365. The molecule has 1 aromatic rings. The second-order valence-electron chi connectivity index (χ2n) is 7.50. The molecule has 3 rings (SSSR count). The van der Waals surface area contributed by atoms with Crippen molar-refractivity contribution >= 4 is 27.7 Å². The number of carbonyl (C=O) groups excluding carboxylic acids is 3. The molecule has 10 nitrogen and oxygen atoms in total. The highest BCUT2D eigenvalue weighted by molar-refractivity contribution is 7.89. The number of benzene rings is 1. The molecule has 0 spiro atoms. The average Bonchev–Trinajstić information content (AvgIpc) is 3.33. The molecule has 2 aliphatic heterocycles. The second kappa shape index (κ2) is 10.2. The van der Waals surface area contributed by atoms with Crippen molar-refractivity contribution in [2.24, 2.45) is 0 Å². The highest BCUT2D eigenvalue weighted by atomic mass is 32.2. The third-order valence-corrected chi connectivity index (χ3v) is 6.92. The van der Waals surface area contributed by atoms with Crippen molar-refractivity contribution in [1.29, 1.82) is 0 Å². The average molecular weight is 453 g/mol. The first-order valence-electron chi connectivity index (χ1n) is 10.3. The van der Waals surface area contributed by atoms with E-state index in [2.05, 4.69) is 4.72 Å². The van der Waals surface area contributed by atoms with E-state index in [1.165, 1.54) is 36.3 Å². The summed E-state index contributed by atoms with van der Waals surface area (Å²) in [5, 5.41) is 0. The zero-order chi connectivity index (χ0) is 22.4. The standard InChI is InChI=1S/C20H28N4O6S/c1-30-15-8-21-31(28,29)17-6-4-16(5-7-17)18(25)23-11-13-24(14-12-23)20(27)19(26)22-9-2-3-10-22/h4-7,21H,2-3,8-15H2,1H3. The smallest absolute Gasteiger partial charge is 0.312 e. The zero-order valence-corrected chi connectivity index (χ0v) is 18.4. The van der Waals surface area contributed by atoms with Gasteiger partial charge >= 0.3 is 11.8 Å². The number of rotatable bonds is 6. The third kappa shape index (κ3) is 5.60. The number of sulfonamides is 1. The largest absolute Gasteiger partial charge is 0.383 e. The van der Waals surface area contributed by atoms with Crippen molar-refractivity contribution in [2.45, 2.75) is 17.7 Å². The van der Waals surface area contributed by atoms with Gasteiger partial charge in [0.05, 0.1) is 11.5 Å². The Morgan fingerprint density at radius 3 is 1.94 bits per heavy atom. The number of ether oxygens (including phenoxy) is 1. The predicted octanol–water partition coefficient (Wildman–Crippen LogP) is -0.482. The molecule has 0 saturated carbocycles. The number of methoxy groups -OCH3 is 1. The number of nitrogens with zero attached hydrogens (tertiary/aromatic N) is 3. The van der Waals surface area contributed by atoms with E-state index in [1.807, 2.05) is 0 Å². The summed E-state index contributed by atoms with van der Waals surface area (Å²) in [5.74, 6) is -1.22. The second-order valence-corrected chi connectivity index (χ2v) is 9.27. The van der Waals surface area contributed by atoms with Crippen molar-refractivity contribution in [2.75, 3.05) is 59.5 Å². The van der Waals surface area contributed by atoms with E-state index in [-0.39, 0.29) is 24.0 Å². The maximum Gasteiger partial charge on any atom is 0.312 e. The van der Waals surface area contributed by atoms with E-state index < -0.39 is 21.8 Å². The molecule has 0 bridgehead atoms. The van der Waals surface area contributed by atoms with Crippen LogP contribution in [0, 0.1) is 0 Å². The summed E-state index contributed by atoms with van der Waals surface area (Å²) < 4.78 is 31.7. The molecule has 0 unspecified atom stereocenters. The van der Waals surface area contributed by atoms with E-state index in [0.717, 1.165) is 12.8 Å². The van der Waals surface area contributed by atoms with Gasteiger partial charge < -0.3 is 19.4 Å². The van der Waals surface area contributed by atoms with Crippen molar-refractivity contribution in [3.8, 4) is 0 Å². The first kappa shape index (κ1) is 23.2. The Labute approximate surface area is 182 Å². The minimum absolute atomic E-state index is 0.0657. The van der Waals surface area contributed by atoms with Gasteiger partial charge in [-0.1, -0.05) is 0 Å². The fourth-order valence-corrected chi connectivity index (χ4v) is 4.64. The van der Waals surface area contributed by atoms with Crippen LogP contribution in [0.5, 0.6) is 0 Å². The van der Waals surface area contributed by atoms with Gasteiger partial charge in [0.15, 0.2) is 0 Å². The van der Waals surface area contributed by atoms with Gasteiger partial charge in [-0.25, -0.2) is 13.1 Å². The van der Waals surface area contributed by atoms with Crippen LogP contribution in [0.2, 0.25) is 0 Å². The van der Waals surface area contributed by atoms with Crippen LogP contribution in [0.25, 0.3) is 0 Å². The molecule has 0 aliphatic carbocycles. The molecule has 0 radical (unpaired) electrons. The highest BCUT2D eigenvalue weighted by Crippen LogP contribution is 2.15. The number of hydrogen-bond donors (Lipinski definition) is 1. The quantitative estimate of drug-likeness (QED) is 0.460. The monoisotopic (exact) mass is 452 g/mol. The Bertz CT molecular complexity index is 904. The van der Waals surface area contributed by atoms with Crippen LogP contribution in [0.15, 0.2) is 29.2 Å². The lowest BCUT2D eigenvalue weighted by atomic mass is 10.2. The number of carbonyl (C=O) groups is 3. The highest BCUT2D eigenvalue weighted by Gasteiger charge is 2.32. The van der Waals surface area contributed by atoms with Gasteiger partial charge in [0.1, 0.15) is 0 Å². The molecule has 2 saturated heterocycles. The maximum atomic E-state index is 12.8. The summed E-state index contributed by atoms with van der Waals surface area (Å²) >= 11 is 0. The molecule has 1 aromatic carbocycles. The van der Waals surface area contributed by atoms with Crippen LogP contribution in [-0.2, 0) is 24.3 Å². The van der Waals surface area contributed by atoms with Crippen molar-refractivity contribution in [3.05, 3.63) is 29.8 Å². The molecular formula is C20H28N4O6S. The summed E-state index contributed by atoms with van der Waals surface area (Å²) in [6.45, 7) is 2.87. The molecule has 2 heterocycles. The van der Waals surface area contributed by atoms with E-state index >= 15 is 0 Å². The molecule has 2 fully saturated rings. The Kier molecular flexibility index (Phi) is 7.63. The first-order valence-corrected chi connectivity index (χ1v) is 11.8. The summed E-state index contributed by atoms with van der Waals surface area (Å²) in [7, 11) is -2.18. The number of likely N-dealkylation sites (tertiary alicyclic amines) is 1. The Balaban J connectivity index is 1.54. The molecule has 170 valence electrons. The number of piperazine rings is 1. The van der Waals surface area contributed by atoms with E-state index in [0.29, 0.717) is 44.8 Å². The van der Waals surface area contributed by atoms with Gasteiger partial charge in [0.25, 0.3) is 5.91 Å². The summed E-state index contributed by atoms with van der Waals surface area (Å²) in [6, 6.07) is 5.72. The van der Waals surface area contributed by atoms with Crippen LogP contribution in [0.1, 0.15) is 23.2 Å². The van der Waals surface area contributed by atoms with Gasteiger partial charge in [-0.3, -0.25) is 14.4 Å². The molecule has 31 heavy (non-hydrogen) atoms. The van der Waals surface area contributed by atoms with E-state index in [1.54, 1.807) is 9.80 Å². The fourth-order valence-electron chi connectivity index (χ4n) is 3.62. The molecule has 0 aromatic heterocycles. The molecule has 2 aliphatic rings. The molecule has 3 amide bonds. The predicted molar refractivity (Wildman–Crippen MR) is 112 cm³/mol. The van der Waals surface area contributed by atoms with Crippen LogP contribution in [0.3, 0.4) is 0 Å². The Hall–Kier alpha value is -2.50. The number of nitrogens with one attached hydrogen (secondary N) is 1. The summed E-state index contributed by atoms with van der Waals surface area (Å²) in [6.07, 6.45) is 1.84. The number of hydrogen-bond acceptors (Lipinski definition) is 6. The molecule has 0 atom stereocenters. The Morgan fingerprint density at radius 2 is 1.39 bits per heavy atom. The van der Waals surface area contributed by atoms with Gasteiger partial charge in [-0.2, -0.15) is 0 Å². The van der Waals surface area contributed by atoms with E-state index in [4.69, 9.17) is 4.74 Å². The van der Waals surface area contributed by atoms with Crippen LogP contribution < -0.4 is 4.72 Å².